The lowest BCUT2D eigenvalue weighted by Crippen LogP contribution is -2.16. The molecule has 0 unspecified atom stereocenters. The minimum atomic E-state index is -1.31. The topological polar surface area (TPSA) is 22.1 Å². The number of methoxy groups -OCH3 is 1. The third-order valence-corrected chi connectivity index (χ3v) is 2.54. The number of hydrogen-bond acceptors (Lipinski definition) is 2. The molecule has 0 spiro atoms. The third kappa shape index (κ3) is 4.77. The quantitative estimate of drug-likeness (QED) is 0.563. The molecular formula is C12H17NOSi. The normalized spacial score (nSPS) is 10.7. The molecule has 0 amide bonds. The Labute approximate surface area is 92.7 Å². The standard InChI is InChI=1S/C12H17NOSi/c1-14-10-12-7-5-6-11(13-12)8-9-15(2,3)4/h5-7H,10H2,1-4H3. The van der Waals surface area contributed by atoms with Crippen LogP contribution in [0.4, 0.5) is 0 Å². The van der Waals surface area contributed by atoms with Crippen molar-refractivity contribution < 1.29 is 4.74 Å². The van der Waals surface area contributed by atoms with Crippen molar-refractivity contribution >= 4 is 8.07 Å². The highest BCUT2D eigenvalue weighted by molar-refractivity contribution is 6.83. The monoisotopic (exact) mass is 219 g/mol. The Morgan fingerprint density at radius 3 is 2.67 bits per heavy atom. The second-order valence-electron chi connectivity index (χ2n) is 4.45. The molecule has 0 saturated heterocycles. The van der Waals surface area contributed by atoms with Crippen molar-refractivity contribution in [3.8, 4) is 11.5 Å². The average Bonchev–Trinajstić information content (AvgIpc) is 2.15. The van der Waals surface area contributed by atoms with Crippen molar-refractivity contribution in [3.63, 3.8) is 0 Å². The van der Waals surface area contributed by atoms with Crippen LogP contribution < -0.4 is 0 Å². The van der Waals surface area contributed by atoms with Gasteiger partial charge in [-0.25, -0.2) is 4.98 Å². The molecule has 2 nitrogen and oxygen atoms in total. The largest absolute Gasteiger partial charge is 0.378 e. The van der Waals surface area contributed by atoms with E-state index in [9.17, 15) is 0 Å². The Balaban J connectivity index is 2.85. The Morgan fingerprint density at radius 1 is 1.33 bits per heavy atom. The second-order valence-corrected chi connectivity index (χ2v) is 9.20. The summed E-state index contributed by atoms with van der Waals surface area (Å²) in [4.78, 5) is 4.39. The van der Waals surface area contributed by atoms with Crippen LogP contribution in [0.2, 0.25) is 19.6 Å². The van der Waals surface area contributed by atoms with Crippen LogP contribution in [-0.2, 0) is 11.3 Å². The van der Waals surface area contributed by atoms with Crippen LogP contribution in [0.5, 0.6) is 0 Å². The zero-order chi connectivity index (χ0) is 11.3. The molecule has 0 aliphatic rings. The van der Waals surface area contributed by atoms with E-state index in [1.165, 1.54) is 0 Å². The summed E-state index contributed by atoms with van der Waals surface area (Å²) >= 11 is 0. The van der Waals surface area contributed by atoms with Gasteiger partial charge in [-0.1, -0.05) is 31.6 Å². The van der Waals surface area contributed by atoms with Crippen LogP contribution in [0.25, 0.3) is 0 Å². The molecule has 0 radical (unpaired) electrons. The number of nitrogens with zero attached hydrogens (tertiary/aromatic N) is 1. The summed E-state index contributed by atoms with van der Waals surface area (Å²) in [5.41, 5.74) is 5.06. The van der Waals surface area contributed by atoms with Crippen LogP contribution in [-0.4, -0.2) is 20.2 Å². The highest BCUT2D eigenvalue weighted by Crippen LogP contribution is 2.01. The number of pyridine rings is 1. The van der Waals surface area contributed by atoms with Crippen LogP contribution >= 0.6 is 0 Å². The maximum Gasteiger partial charge on any atom is 0.129 e. The molecule has 1 heterocycles. The first kappa shape index (κ1) is 12.0. The highest BCUT2D eigenvalue weighted by atomic mass is 28.3. The van der Waals surface area contributed by atoms with Gasteiger partial charge in [0.05, 0.1) is 12.3 Å². The Hall–Kier alpha value is -1.11. The van der Waals surface area contributed by atoms with Gasteiger partial charge in [0, 0.05) is 7.11 Å². The van der Waals surface area contributed by atoms with E-state index < -0.39 is 8.07 Å². The molecule has 0 aliphatic heterocycles. The van der Waals surface area contributed by atoms with Crippen LogP contribution in [0.15, 0.2) is 18.2 Å². The van der Waals surface area contributed by atoms with Crippen molar-refractivity contribution in [2.24, 2.45) is 0 Å². The summed E-state index contributed by atoms with van der Waals surface area (Å²) < 4.78 is 5.03. The first-order chi connectivity index (χ1) is 7.01. The summed E-state index contributed by atoms with van der Waals surface area (Å²) in [6.07, 6.45) is 0. The fourth-order valence-electron chi connectivity index (χ4n) is 1.03. The fraction of sp³-hybridized carbons (Fsp3) is 0.417. The van der Waals surface area contributed by atoms with Gasteiger partial charge in [0.25, 0.3) is 0 Å². The van der Waals surface area contributed by atoms with E-state index >= 15 is 0 Å². The molecular weight excluding hydrogens is 202 g/mol. The van der Waals surface area contributed by atoms with Crippen molar-refractivity contribution in [2.45, 2.75) is 26.2 Å². The van der Waals surface area contributed by atoms with Crippen LogP contribution in [0.1, 0.15) is 11.4 Å². The molecule has 0 atom stereocenters. The summed E-state index contributed by atoms with van der Waals surface area (Å²) in [6, 6.07) is 5.85. The zero-order valence-corrected chi connectivity index (χ0v) is 10.8. The summed E-state index contributed by atoms with van der Waals surface area (Å²) in [6.45, 7) is 7.21. The molecule has 1 aromatic heterocycles. The lowest BCUT2D eigenvalue weighted by Gasteiger charge is -2.03. The van der Waals surface area contributed by atoms with E-state index in [1.54, 1.807) is 7.11 Å². The van der Waals surface area contributed by atoms with Crippen molar-refractivity contribution in [3.05, 3.63) is 29.6 Å². The lowest BCUT2D eigenvalue weighted by atomic mass is 10.3. The number of ether oxygens (including phenoxy) is 1. The Bertz CT molecular complexity index is 385. The van der Waals surface area contributed by atoms with Crippen molar-refractivity contribution in [1.29, 1.82) is 0 Å². The average molecular weight is 219 g/mol. The number of hydrogen-bond donors (Lipinski definition) is 0. The molecule has 3 heteroatoms. The fourth-order valence-corrected chi connectivity index (χ4v) is 1.53. The van der Waals surface area contributed by atoms with Crippen molar-refractivity contribution in [2.75, 3.05) is 7.11 Å². The first-order valence-corrected chi connectivity index (χ1v) is 8.49. The molecule has 0 N–H and O–H groups in total. The molecule has 0 aliphatic carbocycles. The molecule has 0 bridgehead atoms. The molecule has 0 fully saturated rings. The van der Waals surface area contributed by atoms with Gasteiger partial charge < -0.3 is 4.74 Å². The van der Waals surface area contributed by atoms with E-state index in [4.69, 9.17) is 4.74 Å². The van der Waals surface area contributed by atoms with E-state index in [0.29, 0.717) is 6.61 Å². The van der Waals surface area contributed by atoms with Gasteiger partial charge in [0.2, 0.25) is 0 Å². The maximum absolute atomic E-state index is 5.03. The maximum atomic E-state index is 5.03. The smallest absolute Gasteiger partial charge is 0.129 e. The summed E-state index contributed by atoms with van der Waals surface area (Å²) in [5, 5.41) is 0. The van der Waals surface area contributed by atoms with Gasteiger partial charge >= 0.3 is 0 Å². The Kier molecular flexibility index (Phi) is 4.07. The van der Waals surface area contributed by atoms with Gasteiger partial charge in [0.1, 0.15) is 13.8 Å². The van der Waals surface area contributed by atoms with Gasteiger partial charge in [0.15, 0.2) is 0 Å². The Morgan fingerprint density at radius 2 is 2.07 bits per heavy atom. The SMILES string of the molecule is COCc1cccc(C#C[Si](C)(C)C)n1. The van der Waals surface area contributed by atoms with Crippen LogP contribution in [0.3, 0.4) is 0 Å². The van der Waals surface area contributed by atoms with E-state index in [-0.39, 0.29) is 0 Å². The molecule has 1 aromatic rings. The van der Waals surface area contributed by atoms with Gasteiger partial charge in [-0.2, -0.15) is 0 Å². The molecule has 15 heavy (non-hydrogen) atoms. The first-order valence-electron chi connectivity index (χ1n) is 4.99. The minimum absolute atomic E-state index is 0.544. The number of rotatable bonds is 2. The minimum Gasteiger partial charge on any atom is -0.378 e. The highest BCUT2D eigenvalue weighted by Gasteiger charge is 2.07. The molecule has 0 aromatic carbocycles. The third-order valence-electron chi connectivity index (χ3n) is 1.66. The second kappa shape index (κ2) is 5.10. The predicted octanol–water partition coefficient (Wildman–Crippen LogP) is 2.46. The molecule has 1 rings (SSSR count). The predicted molar refractivity (Wildman–Crippen MR) is 65.2 cm³/mol. The van der Waals surface area contributed by atoms with Gasteiger partial charge in [-0.3, -0.25) is 0 Å². The molecule has 0 saturated carbocycles. The van der Waals surface area contributed by atoms with Crippen LogP contribution in [0, 0.1) is 11.5 Å². The summed E-state index contributed by atoms with van der Waals surface area (Å²) in [7, 11) is 0.361. The van der Waals surface area contributed by atoms with Gasteiger partial charge in [-0.15, -0.1) is 5.54 Å². The van der Waals surface area contributed by atoms with E-state index in [2.05, 4.69) is 36.1 Å². The summed E-state index contributed by atoms with van der Waals surface area (Å²) in [5.74, 6) is 3.13. The van der Waals surface area contributed by atoms with E-state index in [1.807, 2.05) is 18.2 Å². The number of aromatic nitrogens is 1. The molecule has 80 valence electrons. The lowest BCUT2D eigenvalue weighted by molar-refractivity contribution is 0.181. The van der Waals surface area contributed by atoms with Gasteiger partial charge in [-0.05, 0) is 12.1 Å². The zero-order valence-electron chi connectivity index (χ0n) is 9.79. The van der Waals surface area contributed by atoms with Crippen molar-refractivity contribution in [1.82, 2.24) is 4.98 Å². The van der Waals surface area contributed by atoms with E-state index in [0.717, 1.165) is 11.4 Å².